The van der Waals surface area contributed by atoms with Crippen molar-refractivity contribution in [1.82, 2.24) is 15.1 Å². The Morgan fingerprint density at radius 3 is 2.16 bits per heavy atom. The number of hydrogen-bond donors (Lipinski definition) is 1. The Hall–Kier alpha value is -0.770. The van der Waals surface area contributed by atoms with Crippen LogP contribution in [0.2, 0.25) is 0 Å². The van der Waals surface area contributed by atoms with E-state index in [1.807, 2.05) is 4.90 Å². The van der Waals surface area contributed by atoms with E-state index in [1.54, 1.807) is 0 Å². The summed E-state index contributed by atoms with van der Waals surface area (Å²) >= 11 is 0. The fourth-order valence-electron chi connectivity index (χ4n) is 3.44. The summed E-state index contributed by atoms with van der Waals surface area (Å²) in [4.78, 5) is 16.6. The lowest BCUT2D eigenvalue weighted by Crippen LogP contribution is -2.53. The molecule has 1 aliphatic heterocycles. The van der Waals surface area contributed by atoms with Gasteiger partial charge in [0.25, 0.3) is 0 Å². The standard InChI is InChI=1S/C15H29N3O/c1-17(2)15(9-5-6-10-15)13-16-14(19)18-11-7-3-4-8-12-18/h3-13H2,1-2H3,(H,16,19). The zero-order valence-electron chi connectivity index (χ0n) is 12.6. The van der Waals surface area contributed by atoms with Crippen molar-refractivity contribution >= 4 is 6.03 Å². The zero-order valence-corrected chi connectivity index (χ0v) is 12.6. The quantitative estimate of drug-likeness (QED) is 0.852. The lowest BCUT2D eigenvalue weighted by Gasteiger charge is -2.37. The van der Waals surface area contributed by atoms with Crippen molar-refractivity contribution in [3.8, 4) is 0 Å². The molecule has 0 bridgehead atoms. The third-order valence-corrected chi connectivity index (χ3v) is 4.94. The average Bonchev–Trinajstić information content (AvgIpc) is 2.72. The second kappa shape index (κ2) is 6.60. The fourth-order valence-corrected chi connectivity index (χ4v) is 3.44. The van der Waals surface area contributed by atoms with Crippen LogP contribution in [0.3, 0.4) is 0 Å². The van der Waals surface area contributed by atoms with E-state index in [1.165, 1.54) is 38.5 Å². The molecule has 2 aliphatic rings. The molecule has 0 aromatic carbocycles. The van der Waals surface area contributed by atoms with Crippen LogP contribution >= 0.6 is 0 Å². The van der Waals surface area contributed by atoms with Crippen molar-refractivity contribution in [1.29, 1.82) is 0 Å². The number of hydrogen-bond acceptors (Lipinski definition) is 2. The number of nitrogens with one attached hydrogen (secondary N) is 1. The van der Waals surface area contributed by atoms with Gasteiger partial charge in [0.2, 0.25) is 0 Å². The normalized spacial score (nSPS) is 23.4. The number of likely N-dealkylation sites (tertiary alicyclic amines) is 1. The smallest absolute Gasteiger partial charge is 0.317 e. The topological polar surface area (TPSA) is 35.6 Å². The molecule has 4 nitrogen and oxygen atoms in total. The van der Waals surface area contributed by atoms with Crippen LogP contribution in [-0.4, -0.2) is 55.1 Å². The molecule has 0 radical (unpaired) electrons. The lowest BCUT2D eigenvalue weighted by atomic mass is 9.96. The maximum atomic E-state index is 12.3. The minimum Gasteiger partial charge on any atom is -0.336 e. The van der Waals surface area contributed by atoms with Gasteiger partial charge in [-0.3, -0.25) is 0 Å². The summed E-state index contributed by atoms with van der Waals surface area (Å²) in [5.74, 6) is 0. The van der Waals surface area contributed by atoms with E-state index < -0.39 is 0 Å². The third-order valence-electron chi connectivity index (χ3n) is 4.94. The van der Waals surface area contributed by atoms with Crippen LogP contribution in [0.25, 0.3) is 0 Å². The first-order chi connectivity index (χ1) is 9.14. The summed E-state index contributed by atoms with van der Waals surface area (Å²) in [5, 5.41) is 3.19. The van der Waals surface area contributed by atoms with Crippen LogP contribution in [-0.2, 0) is 0 Å². The Labute approximate surface area is 117 Å². The molecule has 0 aromatic heterocycles. The number of amides is 2. The molecule has 1 aliphatic carbocycles. The Bertz CT molecular complexity index is 290. The number of carbonyl (C=O) groups is 1. The zero-order chi connectivity index (χ0) is 13.7. The van der Waals surface area contributed by atoms with Gasteiger partial charge in [0.1, 0.15) is 0 Å². The molecular formula is C15H29N3O. The van der Waals surface area contributed by atoms with E-state index in [-0.39, 0.29) is 11.6 Å². The molecule has 1 heterocycles. The summed E-state index contributed by atoms with van der Waals surface area (Å²) in [6.07, 6.45) is 9.85. The third kappa shape index (κ3) is 3.62. The molecule has 2 fully saturated rings. The van der Waals surface area contributed by atoms with Crippen molar-refractivity contribution in [2.45, 2.75) is 56.9 Å². The van der Waals surface area contributed by atoms with Crippen molar-refractivity contribution in [2.75, 3.05) is 33.7 Å². The highest BCUT2D eigenvalue weighted by Gasteiger charge is 2.36. The first-order valence-electron chi connectivity index (χ1n) is 7.84. The molecule has 0 atom stereocenters. The van der Waals surface area contributed by atoms with Gasteiger partial charge in [-0.1, -0.05) is 25.7 Å². The number of urea groups is 1. The number of carbonyl (C=O) groups excluding carboxylic acids is 1. The molecular weight excluding hydrogens is 238 g/mol. The molecule has 0 unspecified atom stereocenters. The average molecular weight is 267 g/mol. The van der Waals surface area contributed by atoms with Gasteiger partial charge < -0.3 is 15.1 Å². The minimum absolute atomic E-state index is 0.148. The monoisotopic (exact) mass is 267 g/mol. The van der Waals surface area contributed by atoms with Gasteiger partial charge >= 0.3 is 6.03 Å². The highest BCUT2D eigenvalue weighted by Crippen LogP contribution is 2.33. The second-order valence-corrected chi connectivity index (χ2v) is 6.39. The molecule has 2 amide bonds. The second-order valence-electron chi connectivity index (χ2n) is 6.39. The molecule has 110 valence electrons. The van der Waals surface area contributed by atoms with Crippen LogP contribution in [0.5, 0.6) is 0 Å². The van der Waals surface area contributed by atoms with E-state index in [0.29, 0.717) is 0 Å². The summed E-state index contributed by atoms with van der Waals surface area (Å²) in [6.45, 7) is 2.66. The van der Waals surface area contributed by atoms with E-state index in [2.05, 4.69) is 24.3 Å². The van der Waals surface area contributed by atoms with Gasteiger partial charge in [-0.25, -0.2) is 4.79 Å². The molecule has 1 saturated heterocycles. The van der Waals surface area contributed by atoms with E-state index in [9.17, 15) is 4.79 Å². The minimum atomic E-state index is 0.148. The Kier molecular flexibility index (Phi) is 5.08. The molecule has 1 saturated carbocycles. The maximum absolute atomic E-state index is 12.3. The van der Waals surface area contributed by atoms with Crippen LogP contribution in [0, 0.1) is 0 Å². The predicted octanol–water partition coefficient (Wildman–Crippen LogP) is 2.45. The summed E-state index contributed by atoms with van der Waals surface area (Å²) in [6, 6.07) is 0.148. The van der Waals surface area contributed by atoms with Crippen molar-refractivity contribution in [3.63, 3.8) is 0 Å². The van der Waals surface area contributed by atoms with Gasteiger partial charge in [0.15, 0.2) is 0 Å². The SMILES string of the molecule is CN(C)C1(CNC(=O)N2CCCCCC2)CCCC1. The fraction of sp³-hybridized carbons (Fsp3) is 0.933. The largest absolute Gasteiger partial charge is 0.336 e. The molecule has 1 N–H and O–H groups in total. The number of nitrogens with zero attached hydrogens (tertiary/aromatic N) is 2. The first-order valence-corrected chi connectivity index (χ1v) is 7.84. The van der Waals surface area contributed by atoms with Gasteiger partial charge in [0, 0.05) is 25.2 Å². The molecule has 0 spiro atoms. The summed E-state index contributed by atoms with van der Waals surface area (Å²) in [5.41, 5.74) is 0.196. The summed E-state index contributed by atoms with van der Waals surface area (Å²) < 4.78 is 0. The van der Waals surface area contributed by atoms with E-state index in [0.717, 1.165) is 32.5 Å². The Morgan fingerprint density at radius 1 is 1.05 bits per heavy atom. The van der Waals surface area contributed by atoms with Gasteiger partial charge in [-0.2, -0.15) is 0 Å². The first kappa shape index (κ1) is 14.6. The van der Waals surface area contributed by atoms with Crippen LogP contribution < -0.4 is 5.32 Å². The van der Waals surface area contributed by atoms with Gasteiger partial charge in [0.05, 0.1) is 0 Å². The number of likely N-dealkylation sites (N-methyl/N-ethyl adjacent to an activating group) is 1. The van der Waals surface area contributed by atoms with Crippen molar-refractivity contribution < 1.29 is 4.79 Å². The van der Waals surface area contributed by atoms with Gasteiger partial charge in [-0.15, -0.1) is 0 Å². The van der Waals surface area contributed by atoms with E-state index >= 15 is 0 Å². The summed E-state index contributed by atoms with van der Waals surface area (Å²) in [7, 11) is 4.28. The maximum Gasteiger partial charge on any atom is 0.317 e. The van der Waals surface area contributed by atoms with Gasteiger partial charge in [-0.05, 0) is 39.8 Å². The number of rotatable bonds is 3. The lowest BCUT2D eigenvalue weighted by molar-refractivity contribution is 0.146. The molecule has 2 rings (SSSR count). The Morgan fingerprint density at radius 2 is 1.63 bits per heavy atom. The molecule has 19 heavy (non-hydrogen) atoms. The van der Waals surface area contributed by atoms with Crippen LogP contribution in [0.15, 0.2) is 0 Å². The van der Waals surface area contributed by atoms with Crippen molar-refractivity contribution in [2.24, 2.45) is 0 Å². The van der Waals surface area contributed by atoms with Crippen molar-refractivity contribution in [3.05, 3.63) is 0 Å². The predicted molar refractivity (Wildman–Crippen MR) is 78.3 cm³/mol. The highest BCUT2D eigenvalue weighted by molar-refractivity contribution is 5.74. The van der Waals surface area contributed by atoms with Crippen LogP contribution in [0.1, 0.15) is 51.4 Å². The van der Waals surface area contributed by atoms with E-state index in [4.69, 9.17) is 0 Å². The molecule has 4 heteroatoms. The Balaban J connectivity index is 1.84. The highest BCUT2D eigenvalue weighted by atomic mass is 16.2. The van der Waals surface area contributed by atoms with Crippen LogP contribution in [0.4, 0.5) is 4.79 Å². The molecule has 0 aromatic rings.